The number of halogens is 2. The molecule has 2 N–H and O–H groups in total. The molecule has 0 unspecified atom stereocenters. The third-order valence-corrected chi connectivity index (χ3v) is 5.26. The lowest BCUT2D eigenvalue weighted by Crippen LogP contribution is -2.43. The van der Waals surface area contributed by atoms with Crippen molar-refractivity contribution in [2.45, 2.75) is 0 Å². The molecular formula is C20H26Cl2N4. The first-order valence-corrected chi connectivity index (χ1v) is 9.91. The van der Waals surface area contributed by atoms with Gasteiger partial charge in [0.25, 0.3) is 0 Å². The molecule has 0 spiro atoms. The second kappa shape index (κ2) is 10.0. The van der Waals surface area contributed by atoms with Crippen LogP contribution in [-0.4, -0.2) is 52.4 Å². The van der Waals surface area contributed by atoms with Gasteiger partial charge in [-0.25, -0.2) is 0 Å². The van der Waals surface area contributed by atoms with Crippen molar-refractivity contribution in [2.24, 2.45) is 0 Å². The van der Waals surface area contributed by atoms with Gasteiger partial charge in [-0.2, -0.15) is 0 Å². The number of benzene rings is 2. The topological polar surface area (TPSA) is 30.5 Å². The number of nitrogens with zero attached hydrogens (tertiary/aromatic N) is 2. The summed E-state index contributed by atoms with van der Waals surface area (Å²) in [6.45, 7) is 8.37. The van der Waals surface area contributed by atoms with Crippen molar-refractivity contribution in [2.75, 3.05) is 62.2 Å². The number of hydrogen-bond acceptors (Lipinski definition) is 4. The summed E-state index contributed by atoms with van der Waals surface area (Å²) in [6, 6.07) is 16.0. The minimum Gasteiger partial charge on any atom is -0.368 e. The molecule has 2 aliphatic rings. The van der Waals surface area contributed by atoms with Gasteiger partial charge in [0, 0.05) is 52.4 Å². The van der Waals surface area contributed by atoms with Crippen molar-refractivity contribution in [1.29, 1.82) is 0 Å². The van der Waals surface area contributed by atoms with Crippen molar-refractivity contribution in [3.63, 3.8) is 0 Å². The van der Waals surface area contributed by atoms with Gasteiger partial charge in [-0.3, -0.25) is 0 Å². The Hall–Kier alpha value is -1.46. The molecule has 2 heterocycles. The molecule has 0 atom stereocenters. The Morgan fingerprint density at radius 3 is 1.27 bits per heavy atom. The maximum atomic E-state index is 6.10. The van der Waals surface area contributed by atoms with E-state index in [0.29, 0.717) is 0 Å². The lowest BCUT2D eigenvalue weighted by atomic mass is 10.2. The molecule has 4 rings (SSSR count). The van der Waals surface area contributed by atoms with Crippen molar-refractivity contribution < 1.29 is 0 Å². The van der Waals surface area contributed by atoms with Gasteiger partial charge >= 0.3 is 0 Å². The van der Waals surface area contributed by atoms with E-state index in [1.54, 1.807) is 0 Å². The Kier molecular flexibility index (Phi) is 7.44. The van der Waals surface area contributed by atoms with Gasteiger partial charge < -0.3 is 20.4 Å². The smallest absolute Gasteiger partial charge is 0.0639 e. The molecule has 26 heavy (non-hydrogen) atoms. The highest BCUT2D eigenvalue weighted by molar-refractivity contribution is 6.33. The minimum absolute atomic E-state index is 0.851. The number of rotatable bonds is 2. The molecular weight excluding hydrogens is 367 g/mol. The Bertz CT molecular complexity index is 624. The number of hydrogen-bond donors (Lipinski definition) is 2. The van der Waals surface area contributed by atoms with E-state index >= 15 is 0 Å². The van der Waals surface area contributed by atoms with E-state index in [1.165, 1.54) is 0 Å². The number of nitrogens with one attached hydrogen (secondary N) is 2. The van der Waals surface area contributed by atoms with Gasteiger partial charge in [-0.1, -0.05) is 47.5 Å². The average Bonchev–Trinajstić information content (AvgIpc) is 2.71. The van der Waals surface area contributed by atoms with Crippen molar-refractivity contribution in [1.82, 2.24) is 10.6 Å². The summed E-state index contributed by atoms with van der Waals surface area (Å²) in [7, 11) is 0. The fraction of sp³-hybridized carbons (Fsp3) is 0.400. The molecule has 2 fully saturated rings. The predicted molar refractivity (Wildman–Crippen MR) is 113 cm³/mol. The minimum atomic E-state index is 0.851. The maximum absolute atomic E-state index is 6.10. The van der Waals surface area contributed by atoms with Gasteiger partial charge in [0.05, 0.1) is 21.4 Å². The van der Waals surface area contributed by atoms with Crippen LogP contribution in [0.1, 0.15) is 0 Å². The summed E-state index contributed by atoms with van der Waals surface area (Å²) in [5.41, 5.74) is 2.32. The number of anilines is 2. The van der Waals surface area contributed by atoms with Crippen LogP contribution in [0.15, 0.2) is 48.5 Å². The molecule has 0 radical (unpaired) electrons. The van der Waals surface area contributed by atoms with Crippen LogP contribution < -0.4 is 20.4 Å². The highest BCUT2D eigenvalue weighted by Gasteiger charge is 2.13. The third kappa shape index (κ3) is 5.27. The zero-order valence-electron chi connectivity index (χ0n) is 14.9. The summed E-state index contributed by atoms with van der Waals surface area (Å²) in [4.78, 5) is 4.64. The fourth-order valence-corrected chi connectivity index (χ4v) is 3.74. The first-order chi connectivity index (χ1) is 12.8. The maximum Gasteiger partial charge on any atom is 0.0639 e. The van der Waals surface area contributed by atoms with Crippen LogP contribution in [0.5, 0.6) is 0 Å². The molecule has 6 heteroatoms. The fourth-order valence-electron chi connectivity index (χ4n) is 3.23. The monoisotopic (exact) mass is 392 g/mol. The lowest BCUT2D eigenvalue weighted by molar-refractivity contribution is 0.589. The molecule has 0 saturated carbocycles. The Morgan fingerprint density at radius 2 is 0.923 bits per heavy atom. The Balaban J connectivity index is 0.000000151. The second-order valence-corrected chi connectivity index (χ2v) is 7.19. The van der Waals surface area contributed by atoms with E-state index in [9.17, 15) is 0 Å². The first-order valence-electron chi connectivity index (χ1n) is 9.16. The zero-order chi connectivity index (χ0) is 18.2. The first kappa shape index (κ1) is 19.3. The van der Waals surface area contributed by atoms with Crippen molar-refractivity contribution in [3.05, 3.63) is 58.6 Å². The van der Waals surface area contributed by atoms with Crippen LogP contribution in [0.2, 0.25) is 10.0 Å². The van der Waals surface area contributed by atoms with E-state index in [2.05, 4.69) is 32.6 Å². The van der Waals surface area contributed by atoms with Crippen LogP contribution in [-0.2, 0) is 0 Å². The summed E-state index contributed by atoms with van der Waals surface area (Å²) in [6.07, 6.45) is 0. The number of piperazine rings is 2. The molecule has 4 nitrogen and oxygen atoms in total. The van der Waals surface area contributed by atoms with Gasteiger partial charge in [-0.15, -0.1) is 0 Å². The number of para-hydroxylation sites is 2. The van der Waals surface area contributed by atoms with Crippen LogP contribution >= 0.6 is 23.2 Å². The summed E-state index contributed by atoms with van der Waals surface area (Å²) >= 11 is 12.2. The summed E-state index contributed by atoms with van der Waals surface area (Å²) in [5.74, 6) is 0. The normalized spacial score (nSPS) is 17.5. The van der Waals surface area contributed by atoms with Gasteiger partial charge in [0.15, 0.2) is 0 Å². The van der Waals surface area contributed by atoms with Crippen LogP contribution in [0.4, 0.5) is 11.4 Å². The predicted octanol–water partition coefficient (Wildman–Crippen LogP) is 3.50. The van der Waals surface area contributed by atoms with Gasteiger partial charge in [0.2, 0.25) is 0 Å². The van der Waals surface area contributed by atoms with Gasteiger partial charge in [0.1, 0.15) is 0 Å². The Morgan fingerprint density at radius 1 is 0.577 bits per heavy atom. The molecule has 2 aromatic rings. The molecule has 2 aromatic carbocycles. The van der Waals surface area contributed by atoms with Crippen molar-refractivity contribution >= 4 is 34.6 Å². The molecule has 140 valence electrons. The van der Waals surface area contributed by atoms with Crippen LogP contribution in [0.3, 0.4) is 0 Å². The summed E-state index contributed by atoms with van der Waals surface area (Å²) in [5, 5.41) is 8.34. The SMILES string of the molecule is Clc1ccccc1N1CCNCC1.Clc1ccccc1N1CCNCC1. The summed E-state index contributed by atoms with van der Waals surface area (Å²) < 4.78 is 0. The second-order valence-electron chi connectivity index (χ2n) is 6.38. The van der Waals surface area contributed by atoms with E-state index in [4.69, 9.17) is 23.2 Å². The standard InChI is InChI=1S/2C10H13ClN2/c2*11-9-3-1-2-4-10(9)13-7-5-12-6-8-13/h2*1-4,12H,5-8H2. The van der Waals surface area contributed by atoms with E-state index < -0.39 is 0 Å². The largest absolute Gasteiger partial charge is 0.368 e. The molecule has 0 aliphatic carbocycles. The lowest BCUT2D eigenvalue weighted by Gasteiger charge is -2.30. The highest BCUT2D eigenvalue weighted by Crippen LogP contribution is 2.25. The Labute approximate surface area is 166 Å². The van der Waals surface area contributed by atoms with E-state index in [1.807, 2.05) is 36.4 Å². The van der Waals surface area contributed by atoms with Crippen LogP contribution in [0.25, 0.3) is 0 Å². The van der Waals surface area contributed by atoms with Crippen molar-refractivity contribution in [3.8, 4) is 0 Å². The van der Waals surface area contributed by atoms with E-state index in [0.717, 1.165) is 73.8 Å². The molecule has 2 aliphatic heterocycles. The molecule has 0 bridgehead atoms. The molecule has 2 saturated heterocycles. The van der Waals surface area contributed by atoms with Gasteiger partial charge in [-0.05, 0) is 24.3 Å². The molecule has 0 aromatic heterocycles. The highest BCUT2D eigenvalue weighted by atomic mass is 35.5. The zero-order valence-corrected chi connectivity index (χ0v) is 16.4. The third-order valence-electron chi connectivity index (χ3n) is 4.62. The quantitative estimate of drug-likeness (QED) is 0.818. The molecule has 0 amide bonds. The average molecular weight is 393 g/mol. The van der Waals surface area contributed by atoms with E-state index in [-0.39, 0.29) is 0 Å². The van der Waals surface area contributed by atoms with Crippen LogP contribution in [0, 0.1) is 0 Å².